The third-order valence-corrected chi connectivity index (χ3v) is 1.66. The minimum absolute atomic E-state index is 0.534. The number of aromatic nitrogens is 2. The Hall–Kier alpha value is -1.27. The molecule has 1 heterocycles. The smallest absolute Gasteiger partial charge is 0.148 e. The molecule has 0 atom stereocenters. The van der Waals surface area contributed by atoms with E-state index in [1.54, 1.807) is 6.20 Å². The summed E-state index contributed by atoms with van der Waals surface area (Å²) in [5.74, 6) is 6.41. The second kappa shape index (κ2) is 5.39. The van der Waals surface area contributed by atoms with Gasteiger partial charge >= 0.3 is 0 Å². The van der Waals surface area contributed by atoms with Crippen molar-refractivity contribution in [2.75, 3.05) is 11.9 Å². The molecule has 1 aromatic rings. The lowest BCUT2D eigenvalue weighted by Gasteiger charge is -2.03. The van der Waals surface area contributed by atoms with E-state index in [0.29, 0.717) is 10.8 Å². The first-order valence-electron chi connectivity index (χ1n) is 3.93. The molecule has 0 aromatic carbocycles. The first-order valence-corrected chi connectivity index (χ1v) is 4.31. The van der Waals surface area contributed by atoms with E-state index in [-0.39, 0.29) is 0 Å². The quantitative estimate of drug-likeness (QED) is 0.592. The molecule has 0 aliphatic rings. The molecule has 0 saturated heterocycles. The lowest BCUT2D eigenvalue weighted by atomic mass is 10.4. The van der Waals surface area contributed by atoms with Gasteiger partial charge in [0.05, 0.1) is 6.20 Å². The molecular weight excluding hydrogens is 186 g/mol. The summed E-state index contributed by atoms with van der Waals surface area (Å²) in [6.07, 6.45) is 3.80. The van der Waals surface area contributed by atoms with Gasteiger partial charge in [-0.2, -0.15) is 0 Å². The van der Waals surface area contributed by atoms with Gasteiger partial charge in [0.15, 0.2) is 0 Å². The van der Waals surface area contributed by atoms with Crippen molar-refractivity contribution in [3.63, 3.8) is 0 Å². The molecule has 0 amide bonds. The zero-order valence-electron chi connectivity index (χ0n) is 7.34. The van der Waals surface area contributed by atoms with Gasteiger partial charge in [-0.05, 0) is 6.92 Å². The summed E-state index contributed by atoms with van der Waals surface area (Å²) in [6.45, 7) is 2.56. The molecule has 0 spiro atoms. The van der Waals surface area contributed by atoms with Gasteiger partial charge in [0.25, 0.3) is 0 Å². The number of nitrogens with one attached hydrogen (secondary N) is 1. The monoisotopic (exact) mass is 195 g/mol. The van der Waals surface area contributed by atoms with Crippen molar-refractivity contribution in [2.24, 2.45) is 0 Å². The highest BCUT2D eigenvalue weighted by molar-refractivity contribution is 6.32. The molecule has 0 bridgehead atoms. The van der Waals surface area contributed by atoms with Crippen molar-refractivity contribution in [1.82, 2.24) is 9.97 Å². The molecule has 1 N–H and O–H groups in total. The van der Waals surface area contributed by atoms with Crippen LogP contribution in [-0.2, 0) is 0 Å². The minimum Gasteiger partial charge on any atom is -0.368 e. The van der Waals surface area contributed by atoms with E-state index in [0.717, 1.165) is 13.0 Å². The standard InChI is InChI=1S/C9H10ClN3/c1-2-3-4-5-12-9-8(10)6-11-7-13-9/h6-7H,4-5H2,1H3,(H,11,12,13). The first-order chi connectivity index (χ1) is 6.34. The fourth-order valence-corrected chi connectivity index (χ4v) is 0.983. The van der Waals surface area contributed by atoms with Crippen molar-refractivity contribution in [1.29, 1.82) is 0 Å². The molecule has 68 valence electrons. The van der Waals surface area contributed by atoms with Gasteiger partial charge in [-0.1, -0.05) is 11.6 Å². The third kappa shape index (κ3) is 3.30. The van der Waals surface area contributed by atoms with Crippen molar-refractivity contribution < 1.29 is 0 Å². The van der Waals surface area contributed by atoms with Gasteiger partial charge in [0.2, 0.25) is 0 Å². The van der Waals surface area contributed by atoms with Crippen LogP contribution in [-0.4, -0.2) is 16.5 Å². The average Bonchev–Trinajstić information content (AvgIpc) is 2.15. The predicted octanol–water partition coefficient (Wildman–Crippen LogP) is 1.96. The maximum absolute atomic E-state index is 5.81. The molecule has 1 rings (SSSR count). The Labute approximate surface area is 82.5 Å². The fraction of sp³-hybridized carbons (Fsp3) is 0.333. The number of hydrogen-bond acceptors (Lipinski definition) is 3. The van der Waals surface area contributed by atoms with E-state index in [4.69, 9.17) is 11.6 Å². The van der Waals surface area contributed by atoms with Crippen LogP contribution >= 0.6 is 11.6 Å². The van der Waals surface area contributed by atoms with E-state index in [1.165, 1.54) is 6.33 Å². The topological polar surface area (TPSA) is 37.8 Å². The van der Waals surface area contributed by atoms with Gasteiger partial charge in [-0.3, -0.25) is 0 Å². The van der Waals surface area contributed by atoms with Gasteiger partial charge in [0.1, 0.15) is 17.2 Å². The Bertz CT molecular complexity index is 327. The number of nitrogens with zero attached hydrogens (tertiary/aromatic N) is 2. The van der Waals surface area contributed by atoms with E-state index < -0.39 is 0 Å². The molecule has 3 nitrogen and oxygen atoms in total. The second-order valence-electron chi connectivity index (χ2n) is 2.32. The zero-order chi connectivity index (χ0) is 9.52. The summed E-state index contributed by atoms with van der Waals surface area (Å²) in [6, 6.07) is 0. The van der Waals surface area contributed by atoms with E-state index in [9.17, 15) is 0 Å². The van der Waals surface area contributed by atoms with Gasteiger partial charge in [-0.25, -0.2) is 9.97 Å². The number of anilines is 1. The van der Waals surface area contributed by atoms with E-state index in [2.05, 4.69) is 27.1 Å². The van der Waals surface area contributed by atoms with Crippen LogP contribution in [0.15, 0.2) is 12.5 Å². The summed E-state index contributed by atoms with van der Waals surface area (Å²) in [4.78, 5) is 7.75. The zero-order valence-corrected chi connectivity index (χ0v) is 8.10. The maximum atomic E-state index is 5.81. The van der Waals surface area contributed by atoms with Crippen LogP contribution in [0, 0.1) is 11.8 Å². The SMILES string of the molecule is CC#CCCNc1ncncc1Cl. The lowest BCUT2D eigenvalue weighted by Crippen LogP contribution is -2.02. The van der Waals surface area contributed by atoms with Crippen molar-refractivity contribution in [3.05, 3.63) is 17.5 Å². The largest absolute Gasteiger partial charge is 0.368 e. The Morgan fingerprint density at radius 1 is 1.62 bits per heavy atom. The van der Waals surface area contributed by atoms with Crippen LogP contribution in [0.1, 0.15) is 13.3 Å². The van der Waals surface area contributed by atoms with Crippen LogP contribution in [0.2, 0.25) is 5.02 Å². The molecule has 1 aromatic heterocycles. The molecule has 13 heavy (non-hydrogen) atoms. The molecule has 0 saturated carbocycles. The Morgan fingerprint density at radius 3 is 3.15 bits per heavy atom. The molecule has 0 radical (unpaired) electrons. The average molecular weight is 196 g/mol. The highest BCUT2D eigenvalue weighted by atomic mass is 35.5. The van der Waals surface area contributed by atoms with Gasteiger partial charge < -0.3 is 5.32 Å². The number of halogens is 1. The highest BCUT2D eigenvalue weighted by Crippen LogP contribution is 2.15. The Balaban J connectivity index is 2.44. The van der Waals surface area contributed by atoms with Gasteiger partial charge in [-0.15, -0.1) is 11.8 Å². The summed E-state index contributed by atoms with van der Waals surface area (Å²) in [7, 11) is 0. The van der Waals surface area contributed by atoms with E-state index >= 15 is 0 Å². The normalized spacial score (nSPS) is 8.77. The van der Waals surface area contributed by atoms with Crippen molar-refractivity contribution in [3.8, 4) is 11.8 Å². The molecule has 4 heteroatoms. The maximum Gasteiger partial charge on any atom is 0.148 e. The van der Waals surface area contributed by atoms with Gasteiger partial charge in [0, 0.05) is 13.0 Å². The van der Waals surface area contributed by atoms with E-state index in [1.807, 2.05) is 6.92 Å². The van der Waals surface area contributed by atoms with Crippen LogP contribution in [0.4, 0.5) is 5.82 Å². The fourth-order valence-electron chi connectivity index (χ4n) is 0.811. The Kier molecular flexibility index (Phi) is 4.07. The summed E-state index contributed by atoms with van der Waals surface area (Å²) >= 11 is 5.81. The third-order valence-electron chi connectivity index (χ3n) is 1.39. The number of rotatable bonds is 3. The summed E-state index contributed by atoms with van der Waals surface area (Å²) < 4.78 is 0. The summed E-state index contributed by atoms with van der Waals surface area (Å²) in [5, 5.41) is 3.60. The van der Waals surface area contributed by atoms with Crippen molar-refractivity contribution >= 4 is 17.4 Å². The van der Waals surface area contributed by atoms with Crippen LogP contribution < -0.4 is 5.32 Å². The first kappa shape index (κ1) is 9.82. The van der Waals surface area contributed by atoms with Crippen molar-refractivity contribution in [2.45, 2.75) is 13.3 Å². The summed E-state index contributed by atoms with van der Waals surface area (Å²) in [5.41, 5.74) is 0. The number of hydrogen-bond donors (Lipinski definition) is 1. The molecule has 0 aliphatic carbocycles. The second-order valence-corrected chi connectivity index (χ2v) is 2.73. The van der Waals surface area contributed by atoms with Crippen LogP contribution in [0.5, 0.6) is 0 Å². The van der Waals surface area contributed by atoms with Crippen LogP contribution in [0.3, 0.4) is 0 Å². The highest BCUT2D eigenvalue weighted by Gasteiger charge is 1.97. The Morgan fingerprint density at radius 2 is 2.46 bits per heavy atom. The van der Waals surface area contributed by atoms with Crippen LogP contribution in [0.25, 0.3) is 0 Å². The molecule has 0 fully saturated rings. The molecule has 0 unspecified atom stereocenters. The molecular formula is C9H10ClN3. The molecule has 0 aliphatic heterocycles. The minimum atomic E-state index is 0.534. The predicted molar refractivity (Wildman–Crippen MR) is 53.6 cm³/mol. The lowest BCUT2D eigenvalue weighted by molar-refractivity contribution is 1.05.